The maximum Gasteiger partial charge on any atom is 0.277 e. The Kier molecular flexibility index (Phi) is 2.60. The van der Waals surface area contributed by atoms with E-state index in [-0.39, 0.29) is 11.7 Å². The van der Waals surface area contributed by atoms with E-state index in [1.54, 1.807) is 0 Å². The second kappa shape index (κ2) is 3.94. The third-order valence-corrected chi connectivity index (χ3v) is 2.64. The average Bonchev–Trinajstić information content (AvgIpc) is 2.57. The highest BCUT2D eigenvalue weighted by Gasteiger charge is 2.32. The lowest BCUT2D eigenvalue weighted by atomic mass is 10.3. The first kappa shape index (κ1) is 11.2. The van der Waals surface area contributed by atoms with Gasteiger partial charge >= 0.3 is 0 Å². The topological polar surface area (TPSA) is 74.0 Å². The number of carbonyl (C=O) groups is 1. The largest absolute Gasteiger partial charge is 0.322 e. The Hall–Kier alpha value is -2.29. The molecule has 1 N–H and O–H groups in total. The number of hydrogen-bond acceptors (Lipinski definition) is 4. The van der Waals surface area contributed by atoms with E-state index in [9.17, 15) is 4.79 Å². The van der Waals surface area contributed by atoms with E-state index in [1.165, 1.54) is 4.90 Å². The molecule has 0 aromatic carbocycles. The Bertz CT molecular complexity index is 537. The van der Waals surface area contributed by atoms with E-state index in [2.05, 4.69) is 16.9 Å². The Morgan fingerprint density at radius 3 is 2.88 bits per heavy atom. The number of aromatic nitrogens is 2. The van der Waals surface area contributed by atoms with Crippen molar-refractivity contribution in [3.63, 3.8) is 0 Å². The van der Waals surface area contributed by atoms with Crippen molar-refractivity contribution in [2.75, 3.05) is 4.90 Å². The van der Waals surface area contributed by atoms with E-state index in [4.69, 9.17) is 5.26 Å². The van der Waals surface area contributed by atoms with Crippen LogP contribution in [-0.4, -0.2) is 15.5 Å². The van der Waals surface area contributed by atoms with Crippen molar-refractivity contribution < 1.29 is 4.79 Å². The van der Waals surface area contributed by atoms with Gasteiger partial charge in [0.2, 0.25) is 0 Å². The molecule has 1 aliphatic heterocycles. The Labute approximate surface area is 99.2 Å². The summed E-state index contributed by atoms with van der Waals surface area (Å²) < 4.78 is 1.82. The van der Waals surface area contributed by atoms with Gasteiger partial charge in [0.25, 0.3) is 5.91 Å². The summed E-state index contributed by atoms with van der Waals surface area (Å²) >= 11 is 0. The Morgan fingerprint density at radius 2 is 2.29 bits per heavy atom. The zero-order chi connectivity index (χ0) is 12.6. The first-order valence-electron chi connectivity index (χ1n) is 5.37. The second-order valence-corrected chi connectivity index (χ2v) is 3.82. The number of amides is 1. The predicted octanol–water partition coefficient (Wildman–Crippen LogP) is 1.10. The Balaban J connectivity index is 2.62. The van der Waals surface area contributed by atoms with Crippen molar-refractivity contribution in [2.24, 2.45) is 0 Å². The third-order valence-electron chi connectivity index (χ3n) is 2.64. The number of carbonyl (C=O) groups excluding carboxylic acids is 1. The van der Waals surface area contributed by atoms with E-state index in [0.29, 0.717) is 18.1 Å². The second-order valence-electron chi connectivity index (χ2n) is 3.82. The van der Waals surface area contributed by atoms with Gasteiger partial charge in [-0.25, -0.2) is 9.88 Å². The normalized spacial score (nSPS) is 14.3. The molecule has 1 aliphatic rings. The molecule has 1 amide bonds. The smallest absolute Gasteiger partial charge is 0.277 e. The van der Waals surface area contributed by atoms with E-state index in [1.807, 2.05) is 24.6 Å². The standard InChI is InChI=1S/C11H13N5O/c1-4-5-15-7(2)13-10-9(15)11(17)14-8(3)16(10)6-12/h3-5H2,1-2H3,(H,14,17). The molecule has 17 heavy (non-hydrogen) atoms. The molecule has 88 valence electrons. The van der Waals surface area contributed by atoms with Crippen molar-refractivity contribution in [3.8, 4) is 6.19 Å². The highest BCUT2D eigenvalue weighted by Crippen LogP contribution is 2.27. The van der Waals surface area contributed by atoms with Crippen molar-refractivity contribution in [2.45, 2.75) is 26.8 Å². The average molecular weight is 231 g/mol. The molecule has 0 aliphatic carbocycles. The fraction of sp³-hybridized carbons (Fsp3) is 0.364. The first-order valence-corrected chi connectivity index (χ1v) is 5.37. The summed E-state index contributed by atoms with van der Waals surface area (Å²) in [5.74, 6) is 1.07. The summed E-state index contributed by atoms with van der Waals surface area (Å²) in [6.45, 7) is 8.16. The molecule has 1 aromatic rings. The molecule has 0 fully saturated rings. The van der Waals surface area contributed by atoms with E-state index in [0.717, 1.165) is 12.2 Å². The summed E-state index contributed by atoms with van der Waals surface area (Å²) in [5.41, 5.74) is 0.429. The zero-order valence-corrected chi connectivity index (χ0v) is 9.82. The minimum absolute atomic E-state index is 0.242. The molecule has 0 unspecified atom stereocenters. The van der Waals surface area contributed by atoms with Crippen LogP contribution in [0.25, 0.3) is 0 Å². The molecule has 0 radical (unpaired) electrons. The highest BCUT2D eigenvalue weighted by atomic mass is 16.2. The maximum absolute atomic E-state index is 11.9. The van der Waals surface area contributed by atoms with E-state index >= 15 is 0 Å². The van der Waals surface area contributed by atoms with Crippen LogP contribution in [0, 0.1) is 18.4 Å². The van der Waals surface area contributed by atoms with Gasteiger partial charge in [-0.1, -0.05) is 13.5 Å². The molecule has 0 spiro atoms. The van der Waals surface area contributed by atoms with Crippen LogP contribution in [0.5, 0.6) is 0 Å². The summed E-state index contributed by atoms with van der Waals surface area (Å²) in [5, 5.41) is 11.6. The number of nitrogens with zero attached hydrogens (tertiary/aromatic N) is 4. The van der Waals surface area contributed by atoms with Gasteiger partial charge in [0.05, 0.1) is 0 Å². The molecular formula is C11H13N5O. The van der Waals surface area contributed by atoms with Crippen LogP contribution in [0.4, 0.5) is 5.82 Å². The molecular weight excluding hydrogens is 218 g/mol. The van der Waals surface area contributed by atoms with Crippen LogP contribution in [0.15, 0.2) is 12.4 Å². The number of rotatable bonds is 2. The van der Waals surface area contributed by atoms with E-state index < -0.39 is 0 Å². The van der Waals surface area contributed by atoms with Gasteiger partial charge in [-0.3, -0.25) is 4.79 Å². The summed E-state index contributed by atoms with van der Waals surface area (Å²) in [7, 11) is 0. The predicted molar refractivity (Wildman–Crippen MR) is 62.0 cm³/mol. The molecule has 0 saturated carbocycles. The van der Waals surface area contributed by atoms with Gasteiger partial charge in [-0.15, -0.1) is 0 Å². The lowest BCUT2D eigenvalue weighted by Crippen LogP contribution is -2.39. The zero-order valence-electron chi connectivity index (χ0n) is 9.82. The number of anilines is 1. The number of imidazole rings is 1. The van der Waals surface area contributed by atoms with Crippen LogP contribution >= 0.6 is 0 Å². The fourth-order valence-electron chi connectivity index (χ4n) is 1.91. The molecule has 0 bridgehead atoms. The number of nitriles is 1. The van der Waals surface area contributed by atoms with Gasteiger partial charge in [-0.05, 0) is 13.3 Å². The van der Waals surface area contributed by atoms with Crippen LogP contribution in [0.2, 0.25) is 0 Å². The molecule has 6 heteroatoms. The lowest BCUT2D eigenvalue weighted by Gasteiger charge is -2.23. The molecule has 6 nitrogen and oxygen atoms in total. The van der Waals surface area contributed by atoms with Gasteiger partial charge in [0.1, 0.15) is 11.6 Å². The first-order chi connectivity index (χ1) is 8.10. The summed E-state index contributed by atoms with van der Waals surface area (Å²) in [6, 6.07) is 0. The van der Waals surface area contributed by atoms with Crippen LogP contribution < -0.4 is 10.2 Å². The van der Waals surface area contributed by atoms with Crippen LogP contribution in [0.3, 0.4) is 0 Å². The molecule has 0 saturated heterocycles. The van der Waals surface area contributed by atoms with Crippen molar-refractivity contribution in [1.29, 1.82) is 5.26 Å². The number of nitrogens with one attached hydrogen (secondary N) is 1. The Morgan fingerprint density at radius 1 is 1.59 bits per heavy atom. The monoisotopic (exact) mass is 231 g/mol. The quantitative estimate of drug-likeness (QED) is 0.773. The van der Waals surface area contributed by atoms with Gasteiger partial charge in [0, 0.05) is 6.54 Å². The number of hydrogen-bond donors (Lipinski definition) is 1. The molecule has 2 rings (SSSR count). The minimum atomic E-state index is -0.259. The van der Waals surface area contributed by atoms with Gasteiger partial charge in [0.15, 0.2) is 17.7 Å². The maximum atomic E-state index is 11.9. The van der Waals surface area contributed by atoms with Crippen molar-refractivity contribution in [1.82, 2.24) is 14.9 Å². The number of fused-ring (bicyclic) bond motifs is 1. The molecule has 2 heterocycles. The highest BCUT2D eigenvalue weighted by molar-refractivity contribution is 6.01. The molecule has 1 aromatic heterocycles. The fourth-order valence-corrected chi connectivity index (χ4v) is 1.91. The SMILES string of the molecule is C=C1NC(=O)c2c(nc(C)n2CCC)N1C#N. The van der Waals surface area contributed by atoms with Gasteiger partial charge in [-0.2, -0.15) is 5.26 Å². The summed E-state index contributed by atoms with van der Waals surface area (Å²) in [6.07, 6.45) is 2.85. The van der Waals surface area contributed by atoms with Gasteiger partial charge < -0.3 is 9.88 Å². The lowest BCUT2D eigenvalue weighted by molar-refractivity contribution is 0.0952. The van der Waals surface area contributed by atoms with Crippen LogP contribution in [-0.2, 0) is 6.54 Å². The number of aryl methyl sites for hydroxylation is 1. The molecule has 0 atom stereocenters. The van der Waals surface area contributed by atoms with Crippen molar-refractivity contribution in [3.05, 3.63) is 23.9 Å². The third kappa shape index (κ3) is 1.56. The van der Waals surface area contributed by atoms with Crippen LogP contribution in [0.1, 0.15) is 29.7 Å². The minimum Gasteiger partial charge on any atom is -0.322 e. The van der Waals surface area contributed by atoms with Crippen molar-refractivity contribution >= 4 is 11.7 Å². The summed E-state index contributed by atoms with van der Waals surface area (Å²) in [4.78, 5) is 17.4.